The van der Waals surface area contributed by atoms with Gasteiger partial charge in [-0.15, -0.1) is 0 Å². The molecule has 4 heterocycles. The number of H-pyrrole nitrogens is 1. The van der Waals surface area contributed by atoms with E-state index in [9.17, 15) is 0 Å². The molecule has 0 unspecified atom stereocenters. The van der Waals surface area contributed by atoms with Crippen LogP contribution in [0, 0.1) is 6.92 Å². The van der Waals surface area contributed by atoms with E-state index in [1.807, 2.05) is 73.8 Å². The minimum Gasteiger partial charge on any atom is -0.384 e. The Morgan fingerprint density at radius 3 is 2.76 bits per heavy atom. The maximum absolute atomic E-state index is 6.29. The third-order valence-electron chi connectivity index (χ3n) is 5.30. The fraction of sp³-hybridized carbons (Fsp3) is 0.167. The van der Waals surface area contributed by atoms with Gasteiger partial charge in [0.25, 0.3) is 0 Å². The second-order valence-electron chi connectivity index (χ2n) is 7.82. The second kappa shape index (κ2) is 9.26. The van der Waals surface area contributed by atoms with Crippen molar-refractivity contribution < 1.29 is 0 Å². The van der Waals surface area contributed by atoms with Gasteiger partial charge in [-0.3, -0.25) is 4.98 Å². The monoisotopic (exact) mass is 434 g/mol. The summed E-state index contributed by atoms with van der Waals surface area (Å²) >= 11 is 0. The zero-order valence-corrected chi connectivity index (χ0v) is 18.3. The molecule has 2 radical (unpaired) electrons. The van der Waals surface area contributed by atoms with Crippen LogP contribution in [0.3, 0.4) is 0 Å². The molecule has 33 heavy (non-hydrogen) atoms. The average molecular weight is 434 g/mol. The molecule has 0 aliphatic heterocycles. The standard InChI is InChI=1S/C24H23BN8/c1-17-6-5-9-20(29-17)24-23(18-10-11-22-27-16-28-33(22)14-18)30-21(31-24)15-32(25)13-12-26-19-7-3-2-4-8-19/h2-11,14,16,26H,12-13,15H2,1H3,(H,30,31). The Balaban J connectivity index is 1.39. The Hall–Kier alpha value is -3.98. The summed E-state index contributed by atoms with van der Waals surface area (Å²) in [6, 6.07) is 19.9. The predicted molar refractivity (Wildman–Crippen MR) is 130 cm³/mol. The smallest absolute Gasteiger partial charge is 0.183 e. The Labute approximate surface area is 193 Å². The van der Waals surface area contributed by atoms with Gasteiger partial charge in [0.15, 0.2) is 13.6 Å². The van der Waals surface area contributed by atoms with E-state index in [1.54, 1.807) is 9.33 Å². The number of hydrogen-bond acceptors (Lipinski definition) is 6. The number of para-hydroxylation sites is 1. The Morgan fingerprint density at radius 2 is 1.91 bits per heavy atom. The summed E-state index contributed by atoms with van der Waals surface area (Å²) < 4.78 is 1.74. The summed E-state index contributed by atoms with van der Waals surface area (Å²) in [6.45, 7) is 3.83. The number of hydrogen-bond donors (Lipinski definition) is 2. The SMILES string of the molecule is [B]N(CCNc1ccccc1)Cc1nc(-c2ccc3ncnn3c2)c(-c2cccc(C)n2)[nH]1. The van der Waals surface area contributed by atoms with E-state index in [0.29, 0.717) is 13.1 Å². The summed E-state index contributed by atoms with van der Waals surface area (Å²) in [5, 5.41) is 7.62. The van der Waals surface area contributed by atoms with Crippen molar-refractivity contribution in [2.45, 2.75) is 13.5 Å². The van der Waals surface area contributed by atoms with Crippen molar-refractivity contribution >= 4 is 19.3 Å². The van der Waals surface area contributed by atoms with Crippen LogP contribution in [0.4, 0.5) is 5.69 Å². The molecule has 0 bridgehead atoms. The molecule has 5 aromatic rings. The molecule has 4 aromatic heterocycles. The van der Waals surface area contributed by atoms with Gasteiger partial charge in [-0.2, -0.15) is 5.10 Å². The Bertz CT molecular complexity index is 1360. The van der Waals surface area contributed by atoms with E-state index in [-0.39, 0.29) is 0 Å². The molecule has 9 heteroatoms. The topological polar surface area (TPSA) is 87.0 Å². The number of pyridine rings is 2. The Morgan fingerprint density at radius 1 is 1.03 bits per heavy atom. The van der Waals surface area contributed by atoms with Crippen LogP contribution in [-0.4, -0.2) is 55.4 Å². The number of fused-ring (bicyclic) bond motifs is 1. The molecule has 8 nitrogen and oxygen atoms in total. The summed E-state index contributed by atoms with van der Waals surface area (Å²) in [7, 11) is 6.29. The van der Waals surface area contributed by atoms with E-state index in [1.165, 1.54) is 6.33 Å². The fourth-order valence-corrected chi connectivity index (χ4v) is 3.70. The first-order chi connectivity index (χ1) is 16.2. The van der Waals surface area contributed by atoms with Gasteiger partial charge in [-0.25, -0.2) is 14.5 Å². The third-order valence-corrected chi connectivity index (χ3v) is 5.30. The van der Waals surface area contributed by atoms with E-state index < -0.39 is 0 Å². The van der Waals surface area contributed by atoms with Crippen LogP contribution in [0.25, 0.3) is 28.3 Å². The fourth-order valence-electron chi connectivity index (χ4n) is 3.70. The average Bonchev–Trinajstić information content (AvgIpc) is 3.46. The van der Waals surface area contributed by atoms with Gasteiger partial charge in [-0.1, -0.05) is 24.3 Å². The molecule has 0 saturated carbocycles. The van der Waals surface area contributed by atoms with Crippen LogP contribution in [0.5, 0.6) is 0 Å². The van der Waals surface area contributed by atoms with E-state index >= 15 is 0 Å². The Kier molecular flexibility index (Phi) is 5.86. The maximum Gasteiger partial charge on any atom is 0.183 e. The molecule has 2 N–H and O–H groups in total. The van der Waals surface area contributed by atoms with Crippen molar-refractivity contribution in [3.05, 3.63) is 84.7 Å². The van der Waals surface area contributed by atoms with Crippen LogP contribution in [-0.2, 0) is 6.54 Å². The second-order valence-corrected chi connectivity index (χ2v) is 7.82. The zero-order valence-electron chi connectivity index (χ0n) is 18.3. The number of nitrogens with zero attached hydrogens (tertiary/aromatic N) is 6. The van der Waals surface area contributed by atoms with Gasteiger partial charge < -0.3 is 15.1 Å². The van der Waals surface area contributed by atoms with Crippen LogP contribution >= 0.6 is 0 Å². The molecule has 0 saturated heterocycles. The number of anilines is 1. The van der Waals surface area contributed by atoms with Crippen LogP contribution < -0.4 is 5.32 Å². The van der Waals surface area contributed by atoms with Crippen molar-refractivity contribution in [3.8, 4) is 22.6 Å². The van der Waals surface area contributed by atoms with Crippen molar-refractivity contribution in [2.75, 3.05) is 18.4 Å². The highest BCUT2D eigenvalue weighted by Gasteiger charge is 2.17. The molecule has 0 spiro atoms. The maximum atomic E-state index is 6.29. The van der Waals surface area contributed by atoms with Crippen molar-refractivity contribution in [1.29, 1.82) is 0 Å². The first kappa shape index (κ1) is 20.9. The number of aromatic amines is 1. The van der Waals surface area contributed by atoms with Crippen molar-refractivity contribution in [3.63, 3.8) is 0 Å². The van der Waals surface area contributed by atoms with Crippen molar-refractivity contribution in [2.24, 2.45) is 0 Å². The zero-order chi connectivity index (χ0) is 22.6. The number of imidazole rings is 1. The third kappa shape index (κ3) is 4.78. The van der Waals surface area contributed by atoms with Crippen LogP contribution in [0.2, 0.25) is 0 Å². The lowest BCUT2D eigenvalue weighted by Gasteiger charge is -2.16. The first-order valence-electron chi connectivity index (χ1n) is 10.8. The highest BCUT2D eigenvalue weighted by molar-refractivity contribution is 6.04. The van der Waals surface area contributed by atoms with Gasteiger partial charge in [0, 0.05) is 42.8 Å². The predicted octanol–water partition coefficient (Wildman–Crippen LogP) is 3.49. The molecule has 162 valence electrons. The van der Waals surface area contributed by atoms with Crippen LogP contribution in [0.15, 0.2) is 73.2 Å². The summed E-state index contributed by atoms with van der Waals surface area (Å²) in [5.74, 6) is 0.768. The van der Waals surface area contributed by atoms with E-state index in [4.69, 9.17) is 17.9 Å². The minimum atomic E-state index is 0.473. The number of aryl methyl sites for hydroxylation is 1. The van der Waals surface area contributed by atoms with Gasteiger partial charge in [-0.05, 0) is 43.3 Å². The first-order valence-corrected chi connectivity index (χ1v) is 10.8. The lowest BCUT2D eigenvalue weighted by molar-refractivity contribution is 0.453. The van der Waals surface area contributed by atoms with Crippen LogP contribution in [0.1, 0.15) is 11.5 Å². The number of benzene rings is 1. The van der Waals surface area contributed by atoms with Gasteiger partial charge >= 0.3 is 0 Å². The highest BCUT2D eigenvalue weighted by Crippen LogP contribution is 2.29. The normalized spacial score (nSPS) is 11.3. The lowest BCUT2D eigenvalue weighted by Crippen LogP contribution is -2.26. The van der Waals surface area contributed by atoms with E-state index in [2.05, 4.69) is 20.4 Å². The van der Waals surface area contributed by atoms with E-state index in [0.717, 1.165) is 52.0 Å². The summed E-state index contributed by atoms with van der Waals surface area (Å²) in [5.41, 5.74) is 6.19. The molecule has 0 aliphatic rings. The molecular formula is C24H23BN8. The largest absolute Gasteiger partial charge is 0.384 e. The van der Waals surface area contributed by atoms with Gasteiger partial charge in [0.05, 0.1) is 17.1 Å². The molecular weight excluding hydrogens is 411 g/mol. The molecule has 0 atom stereocenters. The molecule has 0 fully saturated rings. The van der Waals surface area contributed by atoms with Crippen molar-refractivity contribution in [1.82, 2.24) is 34.4 Å². The minimum absolute atomic E-state index is 0.473. The van der Waals surface area contributed by atoms with Gasteiger partial charge in [0.2, 0.25) is 0 Å². The summed E-state index contributed by atoms with van der Waals surface area (Å²) in [4.78, 5) is 19.0. The van der Waals surface area contributed by atoms with Gasteiger partial charge in [0.1, 0.15) is 12.2 Å². The number of rotatable bonds is 8. The molecule has 5 rings (SSSR count). The highest BCUT2D eigenvalue weighted by atomic mass is 15.3. The number of nitrogens with one attached hydrogen (secondary N) is 2. The molecule has 0 aliphatic carbocycles. The summed E-state index contributed by atoms with van der Waals surface area (Å²) in [6.07, 6.45) is 3.46. The quantitative estimate of drug-likeness (QED) is 0.364. The number of aromatic nitrogens is 6. The lowest BCUT2D eigenvalue weighted by atomic mass is 10.1. The molecule has 1 aromatic carbocycles. The molecule has 0 amide bonds.